The second kappa shape index (κ2) is 6.19. The van der Waals surface area contributed by atoms with Gasteiger partial charge in [-0.1, -0.05) is 6.92 Å². The van der Waals surface area contributed by atoms with E-state index in [0.29, 0.717) is 11.0 Å². The molecule has 21 heavy (non-hydrogen) atoms. The highest BCUT2D eigenvalue weighted by Gasteiger charge is 2.36. The van der Waals surface area contributed by atoms with Gasteiger partial charge in [-0.3, -0.25) is 0 Å². The van der Waals surface area contributed by atoms with Crippen molar-refractivity contribution >= 4 is 15.9 Å². The molecule has 0 fully saturated rings. The highest BCUT2D eigenvalue weighted by Crippen LogP contribution is 2.38. The lowest BCUT2D eigenvalue weighted by Crippen LogP contribution is -2.25. The highest BCUT2D eigenvalue weighted by molar-refractivity contribution is 9.10. The van der Waals surface area contributed by atoms with Gasteiger partial charge in [-0.15, -0.1) is 0 Å². The first-order chi connectivity index (χ1) is 9.84. The van der Waals surface area contributed by atoms with Crippen molar-refractivity contribution in [1.82, 2.24) is 5.32 Å². The van der Waals surface area contributed by atoms with Crippen molar-refractivity contribution in [3.8, 4) is 0 Å². The van der Waals surface area contributed by atoms with Crippen molar-refractivity contribution in [2.45, 2.75) is 19.1 Å². The monoisotopic (exact) mass is 365 g/mol. The van der Waals surface area contributed by atoms with Gasteiger partial charge in [0.2, 0.25) is 0 Å². The third kappa shape index (κ3) is 3.47. The molecule has 1 N–H and O–H groups in total. The summed E-state index contributed by atoms with van der Waals surface area (Å²) in [5, 5.41) is 2.89. The van der Waals surface area contributed by atoms with Crippen LogP contribution in [-0.4, -0.2) is 6.54 Å². The maximum atomic E-state index is 13.4. The van der Waals surface area contributed by atoms with Crippen molar-refractivity contribution in [1.29, 1.82) is 0 Å². The Morgan fingerprint density at radius 3 is 2.52 bits per heavy atom. The average molecular weight is 366 g/mol. The molecule has 1 aromatic carbocycles. The van der Waals surface area contributed by atoms with E-state index in [2.05, 4.69) is 21.2 Å². The molecule has 0 saturated heterocycles. The molecule has 2 rings (SSSR count). The summed E-state index contributed by atoms with van der Waals surface area (Å²) < 4.78 is 58.6. The largest absolute Gasteiger partial charge is 0.466 e. The van der Waals surface area contributed by atoms with E-state index in [1.165, 1.54) is 6.26 Å². The van der Waals surface area contributed by atoms with Gasteiger partial charge in [0.15, 0.2) is 0 Å². The van der Waals surface area contributed by atoms with Crippen LogP contribution in [0.25, 0.3) is 0 Å². The number of halogens is 5. The summed E-state index contributed by atoms with van der Waals surface area (Å²) in [6.45, 7) is 2.14. The molecule has 2 aromatic rings. The summed E-state index contributed by atoms with van der Waals surface area (Å²) in [7, 11) is 0. The lowest BCUT2D eigenvalue weighted by molar-refractivity contribution is -0.138. The summed E-state index contributed by atoms with van der Waals surface area (Å²) in [5.41, 5.74) is -1.10. The molecule has 1 atom stereocenters. The van der Waals surface area contributed by atoms with Gasteiger partial charge < -0.3 is 9.73 Å². The van der Waals surface area contributed by atoms with Crippen LogP contribution in [0.3, 0.4) is 0 Å². The molecule has 0 saturated carbocycles. The Morgan fingerprint density at radius 1 is 1.29 bits per heavy atom. The predicted molar refractivity (Wildman–Crippen MR) is 73.3 cm³/mol. The maximum Gasteiger partial charge on any atom is 0.416 e. The number of alkyl halides is 3. The van der Waals surface area contributed by atoms with E-state index >= 15 is 0 Å². The molecule has 0 aliphatic rings. The van der Waals surface area contributed by atoms with Gasteiger partial charge >= 0.3 is 6.18 Å². The number of nitrogens with one attached hydrogen (secondary N) is 1. The molecule has 0 spiro atoms. The fourth-order valence-corrected chi connectivity index (χ4v) is 2.52. The number of hydrogen-bond acceptors (Lipinski definition) is 2. The molecule has 0 aliphatic carbocycles. The predicted octanol–water partition coefficient (Wildman–Crippen LogP) is 4.90. The maximum absolute atomic E-state index is 13.4. The van der Waals surface area contributed by atoms with Gasteiger partial charge in [-0.05, 0) is 52.3 Å². The molecule has 0 bridgehead atoms. The second-order valence-electron chi connectivity index (χ2n) is 4.35. The fourth-order valence-electron chi connectivity index (χ4n) is 2.09. The van der Waals surface area contributed by atoms with Crippen LogP contribution in [-0.2, 0) is 6.18 Å². The van der Waals surface area contributed by atoms with E-state index < -0.39 is 23.6 Å². The zero-order chi connectivity index (χ0) is 15.6. The number of furan rings is 1. The fraction of sp³-hybridized carbons (Fsp3) is 0.286. The van der Waals surface area contributed by atoms with Gasteiger partial charge in [0.05, 0.1) is 22.3 Å². The Hall–Kier alpha value is -1.34. The normalized spacial score (nSPS) is 13.4. The minimum atomic E-state index is -4.57. The van der Waals surface area contributed by atoms with Gasteiger partial charge in [0.1, 0.15) is 11.6 Å². The summed E-state index contributed by atoms with van der Waals surface area (Å²) in [6.07, 6.45) is -3.22. The number of benzene rings is 1. The van der Waals surface area contributed by atoms with Crippen LogP contribution in [0.2, 0.25) is 0 Å². The molecule has 0 radical (unpaired) electrons. The SMILES string of the molecule is CCNC(c1cc(F)ccc1C(F)(F)F)c1occc1Br. The van der Waals surface area contributed by atoms with E-state index in [0.717, 1.165) is 18.2 Å². The van der Waals surface area contributed by atoms with Crippen molar-refractivity contribution in [2.24, 2.45) is 0 Å². The Morgan fingerprint density at radius 2 is 2.00 bits per heavy atom. The second-order valence-corrected chi connectivity index (χ2v) is 5.21. The van der Waals surface area contributed by atoms with Crippen LogP contribution < -0.4 is 5.32 Å². The molecule has 0 amide bonds. The third-order valence-electron chi connectivity index (χ3n) is 2.95. The van der Waals surface area contributed by atoms with E-state index in [1.54, 1.807) is 13.0 Å². The average Bonchev–Trinajstić information content (AvgIpc) is 2.80. The van der Waals surface area contributed by atoms with Crippen LogP contribution >= 0.6 is 15.9 Å². The van der Waals surface area contributed by atoms with E-state index in [1.807, 2.05) is 0 Å². The van der Waals surface area contributed by atoms with Gasteiger partial charge in [-0.2, -0.15) is 13.2 Å². The Labute approximate surface area is 127 Å². The Bertz CT molecular complexity index is 624. The molecular formula is C14H12BrF4NO. The van der Waals surface area contributed by atoms with Crippen LogP contribution in [0.4, 0.5) is 17.6 Å². The molecule has 7 heteroatoms. The number of hydrogen-bond donors (Lipinski definition) is 1. The van der Waals surface area contributed by atoms with Crippen molar-refractivity contribution < 1.29 is 22.0 Å². The molecule has 1 heterocycles. The van der Waals surface area contributed by atoms with Crippen LogP contribution in [0.15, 0.2) is 39.4 Å². The summed E-state index contributed by atoms with van der Waals surface area (Å²) >= 11 is 3.22. The summed E-state index contributed by atoms with van der Waals surface area (Å²) in [5.74, 6) is -0.462. The van der Waals surface area contributed by atoms with Crippen LogP contribution in [0, 0.1) is 5.82 Å². The highest BCUT2D eigenvalue weighted by atomic mass is 79.9. The first-order valence-corrected chi connectivity index (χ1v) is 6.96. The van der Waals surface area contributed by atoms with Crippen molar-refractivity contribution in [3.05, 3.63) is 57.7 Å². The van der Waals surface area contributed by atoms with Gasteiger partial charge in [-0.25, -0.2) is 4.39 Å². The smallest absolute Gasteiger partial charge is 0.416 e. The molecular weight excluding hydrogens is 354 g/mol. The molecule has 0 aliphatic heterocycles. The molecule has 2 nitrogen and oxygen atoms in total. The lowest BCUT2D eigenvalue weighted by Gasteiger charge is -2.21. The van der Waals surface area contributed by atoms with Crippen LogP contribution in [0.1, 0.15) is 29.9 Å². The number of rotatable bonds is 4. The zero-order valence-corrected chi connectivity index (χ0v) is 12.6. The minimum Gasteiger partial charge on any atom is -0.466 e. The van der Waals surface area contributed by atoms with Gasteiger partial charge in [0.25, 0.3) is 0 Å². The standard InChI is InChI=1S/C14H12BrF4NO/c1-2-20-12(13-11(15)5-6-21-13)9-7-8(16)3-4-10(9)14(17,18)19/h3-7,12,20H,2H2,1H3. The first kappa shape index (κ1) is 16.0. The van der Waals surface area contributed by atoms with Crippen molar-refractivity contribution in [3.63, 3.8) is 0 Å². The van der Waals surface area contributed by atoms with Crippen LogP contribution in [0.5, 0.6) is 0 Å². The quantitative estimate of drug-likeness (QED) is 0.779. The molecule has 114 valence electrons. The molecule has 1 aromatic heterocycles. The van der Waals surface area contributed by atoms with E-state index in [4.69, 9.17) is 4.42 Å². The van der Waals surface area contributed by atoms with Gasteiger partial charge in [0, 0.05) is 0 Å². The first-order valence-electron chi connectivity index (χ1n) is 6.17. The third-order valence-corrected chi connectivity index (χ3v) is 3.60. The topological polar surface area (TPSA) is 25.2 Å². The van der Waals surface area contributed by atoms with Crippen molar-refractivity contribution in [2.75, 3.05) is 6.54 Å². The molecule has 1 unspecified atom stereocenters. The van der Waals surface area contributed by atoms with E-state index in [-0.39, 0.29) is 11.3 Å². The Kier molecular flexibility index (Phi) is 4.73. The lowest BCUT2D eigenvalue weighted by atomic mass is 9.97. The summed E-state index contributed by atoms with van der Waals surface area (Å²) in [6, 6.07) is 3.10. The Balaban J connectivity index is 2.60. The van der Waals surface area contributed by atoms with E-state index in [9.17, 15) is 17.6 Å². The summed E-state index contributed by atoms with van der Waals surface area (Å²) in [4.78, 5) is 0. The minimum absolute atomic E-state index is 0.208. The zero-order valence-electron chi connectivity index (χ0n) is 11.0.